The van der Waals surface area contributed by atoms with Gasteiger partial charge in [-0.25, -0.2) is 13.1 Å². The second kappa shape index (κ2) is 5.81. The van der Waals surface area contributed by atoms with Gasteiger partial charge in [0.2, 0.25) is 0 Å². The van der Waals surface area contributed by atoms with Crippen molar-refractivity contribution in [2.45, 2.75) is 43.2 Å². The van der Waals surface area contributed by atoms with Crippen molar-refractivity contribution in [2.75, 3.05) is 6.54 Å². The number of nitrogens with two attached hydrogens (primary N) is 1. The summed E-state index contributed by atoms with van der Waals surface area (Å²) in [6.07, 6.45) is 7.08. The Morgan fingerprint density at radius 2 is 2.17 bits per heavy atom. The van der Waals surface area contributed by atoms with Crippen LogP contribution in [0, 0.1) is 5.92 Å². The first-order valence-electron chi connectivity index (χ1n) is 6.35. The molecule has 2 rings (SSSR count). The van der Waals surface area contributed by atoms with Gasteiger partial charge in [0, 0.05) is 12.6 Å². The first kappa shape index (κ1) is 13.5. The van der Waals surface area contributed by atoms with E-state index in [0.717, 1.165) is 25.7 Å². The minimum atomic E-state index is -3.53. The zero-order chi connectivity index (χ0) is 13.0. The largest absolute Gasteiger partial charge is 0.329 e. The molecule has 18 heavy (non-hydrogen) atoms. The summed E-state index contributed by atoms with van der Waals surface area (Å²) in [7, 11) is -3.53. The minimum absolute atomic E-state index is 0.0942. The Morgan fingerprint density at radius 1 is 1.44 bits per heavy atom. The highest BCUT2D eigenvalue weighted by Crippen LogP contribution is 2.26. The molecule has 1 saturated carbocycles. The number of hydrogen-bond donors (Lipinski definition) is 3. The molecule has 0 aromatic carbocycles. The lowest BCUT2D eigenvalue weighted by molar-refractivity contribution is 0.294. The Balaban J connectivity index is 2.06. The summed E-state index contributed by atoms with van der Waals surface area (Å²) in [4.78, 5) is 0. The molecule has 7 heteroatoms. The van der Waals surface area contributed by atoms with E-state index in [1.807, 2.05) is 0 Å². The molecular weight excluding hydrogens is 252 g/mol. The van der Waals surface area contributed by atoms with Crippen LogP contribution in [0.25, 0.3) is 0 Å². The third-order valence-electron chi connectivity index (χ3n) is 3.54. The molecule has 4 N–H and O–H groups in total. The predicted molar refractivity (Wildman–Crippen MR) is 68.3 cm³/mol. The number of hydrogen-bond acceptors (Lipinski definition) is 4. The maximum atomic E-state index is 12.1. The maximum absolute atomic E-state index is 12.1. The van der Waals surface area contributed by atoms with Gasteiger partial charge in [0.05, 0.1) is 6.20 Å². The molecule has 6 nitrogen and oxygen atoms in total. The fourth-order valence-electron chi connectivity index (χ4n) is 2.53. The fraction of sp³-hybridized carbons (Fsp3) is 0.727. The average Bonchev–Trinajstić information content (AvgIpc) is 2.92. The molecular formula is C11H20N4O2S. The van der Waals surface area contributed by atoms with Gasteiger partial charge >= 0.3 is 0 Å². The summed E-state index contributed by atoms with van der Waals surface area (Å²) in [6.45, 7) is 0.331. The van der Waals surface area contributed by atoms with Gasteiger partial charge in [-0.15, -0.1) is 0 Å². The van der Waals surface area contributed by atoms with Crippen LogP contribution in [-0.2, 0) is 10.0 Å². The van der Waals surface area contributed by atoms with Crippen molar-refractivity contribution in [2.24, 2.45) is 11.7 Å². The van der Waals surface area contributed by atoms with Crippen molar-refractivity contribution in [3.63, 3.8) is 0 Å². The summed E-state index contributed by atoms with van der Waals surface area (Å²) in [6, 6.07) is 1.26. The molecule has 1 unspecified atom stereocenters. The van der Waals surface area contributed by atoms with E-state index in [9.17, 15) is 8.42 Å². The summed E-state index contributed by atoms with van der Waals surface area (Å²) in [5, 5.41) is 6.22. The average molecular weight is 272 g/mol. The van der Waals surface area contributed by atoms with Crippen molar-refractivity contribution < 1.29 is 8.42 Å². The molecule has 1 atom stereocenters. The lowest BCUT2D eigenvalue weighted by Crippen LogP contribution is -2.45. The number of H-pyrrole nitrogens is 1. The number of aromatic amines is 1. The number of sulfonamides is 1. The molecule has 0 saturated heterocycles. The molecule has 1 aliphatic rings. The smallest absolute Gasteiger partial charge is 0.257 e. The topological polar surface area (TPSA) is 101 Å². The van der Waals surface area contributed by atoms with Gasteiger partial charge in [0.15, 0.2) is 5.03 Å². The van der Waals surface area contributed by atoms with Crippen LogP contribution in [0.4, 0.5) is 0 Å². The summed E-state index contributed by atoms with van der Waals surface area (Å²) >= 11 is 0. The molecule has 1 aromatic rings. The molecule has 0 amide bonds. The summed E-state index contributed by atoms with van der Waals surface area (Å²) < 4.78 is 26.8. The predicted octanol–water partition coefficient (Wildman–Crippen LogP) is 0.596. The SMILES string of the molecule is NCC(NS(=O)(=O)c1ccn[nH]1)C1CCCCC1. The zero-order valence-corrected chi connectivity index (χ0v) is 11.1. The first-order valence-corrected chi connectivity index (χ1v) is 7.83. The molecule has 0 aliphatic heterocycles. The Labute approximate surface area is 107 Å². The lowest BCUT2D eigenvalue weighted by Gasteiger charge is -2.29. The number of rotatable bonds is 5. The molecule has 0 bridgehead atoms. The number of aromatic nitrogens is 2. The van der Waals surface area contributed by atoms with Crippen LogP contribution in [0.3, 0.4) is 0 Å². The van der Waals surface area contributed by atoms with Crippen LogP contribution in [0.5, 0.6) is 0 Å². The van der Waals surface area contributed by atoms with Crippen molar-refractivity contribution in [1.82, 2.24) is 14.9 Å². The monoisotopic (exact) mass is 272 g/mol. The summed E-state index contributed by atoms with van der Waals surface area (Å²) in [5.41, 5.74) is 5.71. The van der Waals surface area contributed by atoms with Gasteiger partial charge in [0.1, 0.15) is 0 Å². The molecule has 0 radical (unpaired) electrons. The summed E-state index contributed by atoms with van der Waals surface area (Å²) in [5.74, 6) is 0.349. The van der Waals surface area contributed by atoms with Gasteiger partial charge in [-0.3, -0.25) is 5.10 Å². The van der Waals surface area contributed by atoms with Gasteiger partial charge in [-0.05, 0) is 24.8 Å². The van der Waals surface area contributed by atoms with Crippen LogP contribution < -0.4 is 10.5 Å². The lowest BCUT2D eigenvalue weighted by atomic mass is 9.84. The molecule has 1 aromatic heterocycles. The van der Waals surface area contributed by atoms with E-state index in [1.54, 1.807) is 0 Å². The van der Waals surface area contributed by atoms with Crippen LogP contribution in [0.1, 0.15) is 32.1 Å². The second-order valence-corrected chi connectivity index (χ2v) is 6.46. The van der Waals surface area contributed by atoms with Crippen LogP contribution >= 0.6 is 0 Å². The van der Waals surface area contributed by atoms with Crippen LogP contribution in [-0.4, -0.2) is 31.2 Å². The highest BCUT2D eigenvalue weighted by atomic mass is 32.2. The minimum Gasteiger partial charge on any atom is -0.329 e. The van der Waals surface area contributed by atoms with Crippen molar-refractivity contribution in [3.05, 3.63) is 12.3 Å². The second-order valence-electron chi connectivity index (χ2n) is 4.78. The maximum Gasteiger partial charge on any atom is 0.257 e. The number of nitrogens with one attached hydrogen (secondary N) is 2. The standard InChI is InChI=1S/C11H20N4O2S/c12-8-10(9-4-2-1-3-5-9)15-18(16,17)11-6-7-13-14-11/h6-7,9-10,15H,1-5,8,12H2,(H,13,14). The van der Waals surface area contributed by atoms with E-state index in [2.05, 4.69) is 14.9 Å². The highest BCUT2D eigenvalue weighted by molar-refractivity contribution is 7.89. The van der Waals surface area contributed by atoms with Gasteiger partial charge in [0.25, 0.3) is 10.0 Å². The van der Waals surface area contributed by atoms with E-state index < -0.39 is 10.0 Å². The third-order valence-corrected chi connectivity index (χ3v) is 4.96. The molecule has 0 spiro atoms. The van der Waals surface area contributed by atoms with E-state index in [1.165, 1.54) is 18.7 Å². The van der Waals surface area contributed by atoms with E-state index in [0.29, 0.717) is 12.5 Å². The van der Waals surface area contributed by atoms with Gasteiger partial charge in [-0.2, -0.15) is 5.10 Å². The molecule has 1 fully saturated rings. The molecule has 1 aliphatic carbocycles. The molecule has 1 heterocycles. The van der Waals surface area contributed by atoms with E-state index in [4.69, 9.17) is 5.73 Å². The third kappa shape index (κ3) is 3.09. The normalized spacial score (nSPS) is 19.8. The Bertz CT molecular complexity index is 451. The Hall–Kier alpha value is -0.920. The van der Waals surface area contributed by atoms with Crippen molar-refractivity contribution in [1.29, 1.82) is 0 Å². The Morgan fingerprint density at radius 3 is 2.72 bits per heavy atom. The highest BCUT2D eigenvalue weighted by Gasteiger charge is 2.27. The van der Waals surface area contributed by atoms with Crippen molar-refractivity contribution >= 4 is 10.0 Å². The fourth-order valence-corrected chi connectivity index (χ4v) is 3.76. The van der Waals surface area contributed by atoms with Gasteiger partial charge < -0.3 is 5.73 Å². The van der Waals surface area contributed by atoms with Crippen LogP contribution in [0.2, 0.25) is 0 Å². The van der Waals surface area contributed by atoms with Crippen LogP contribution in [0.15, 0.2) is 17.3 Å². The Kier molecular flexibility index (Phi) is 4.36. The quantitative estimate of drug-likeness (QED) is 0.730. The first-order chi connectivity index (χ1) is 8.63. The zero-order valence-electron chi connectivity index (χ0n) is 10.3. The molecule has 102 valence electrons. The van der Waals surface area contributed by atoms with Gasteiger partial charge in [-0.1, -0.05) is 19.3 Å². The number of nitrogens with zero attached hydrogens (tertiary/aromatic N) is 1. The van der Waals surface area contributed by atoms with E-state index in [-0.39, 0.29) is 11.1 Å². The van der Waals surface area contributed by atoms with E-state index >= 15 is 0 Å². The van der Waals surface area contributed by atoms with Crippen molar-refractivity contribution in [3.8, 4) is 0 Å².